The van der Waals surface area contributed by atoms with Crippen molar-refractivity contribution in [3.63, 3.8) is 0 Å². The Bertz CT molecular complexity index is 483. The van der Waals surface area contributed by atoms with E-state index in [0.29, 0.717) is 10.2 Å². The van der Waals surface area contributed by atoms with Crippen LogP contribution in [0, 0.1) is 0 Å². The average molecular weight is 335 g/mol. The van der Waals surface area contributed by atoms with E-state index in [1.165, 1.54) is 0 Å². The molecule has 0 atom stereocenters. The van der Waals surface area contributed by atoms with Gasteiger partial charge in [-0.15, -0.1) is 0 Å². The molecule has 1 aliphatic heterocycles. The molecule has 0 fully saturated rings. The van der Waals surface area contributed by atoms with Crippen molar-refractivity contribution in [3.05, 3.63) is 28.2 Å². The largest absolute Gasteiger partial charge is 0.416 e. The van der Waals surface area contributed by atoms with Gasteiger partial charge in [-0.3, -0.25) is 4.99 Å². The second-order valence-electron chi connectivity index (χ2n) is 4.49. The third-order valence-electron chi connectivity index (χ3n) is 2.89. The number of rotatable bonds is 1. The van der Waals surface area contributed by atoms with E-state index in [4.69, 9.17) is 0 Å². The number of hydrogen-bond acceptors (Lipinski definition) is 2. The molecule has 0 amide bonds. The maximum absolute atomic E-state index is 12.7. The van der Waals surface area contributed by atoms with Crippen LogP contribution in [0.4, 0.5) is 18.9 Å². The van der Waals surface area contributed by atoms with Crippen molar-refractivity contribution in [3.8, 4) is 0 Å². The van der Waals surface area contributed by atoms with Gasteiger partial charge in [-0.1, -0.05) is 22.4 Å². The van der Waals surface area contributed by atoms with Crippen LogP contribution in [0.15, 0.2) is 27.7 Å². The van der Waals surface area contributed by atoms with Gasteiger partial charge in [-0.25, -0.2) is 0 Å². The molecular formula is C13H14BrF3N2. The smallest absolute Gasteiger partial charge is 0.344 e. The van der Waals surface area contributed by atoms with E-state index in [9.17, 15) is 13.2 Å². The number of halogens is 4. The van der Waals surface area contributed by atoms with Crippen molar-refractivity contribution in [1.82, 2.24) is 0 Å². The van der Waals surface area contributed by atoms with Gasteiger partial charge < -0.3 is 5.32 Å². The van der Waals surface area contributed by atoms with Gasteiger partial charge in [-0.05, 0) is 31.0 Å². The van der Waals surface area contributed by atoms with Crippen molar-refractivity contribution in [1.29, 1.82) is 0 Å². The zero-order valence-corrected chi connectivity index (χ0v) is 11.8. The third kappa shape index (κ3) is 4.23. The van der Waals surface area contributed by atoms with Crippen LogP contribution in [0.2, 0.25) is 0 Å². The first-order chi connectivity index (χ1) is 8.95. The number of nitrogens with zero attached hydrogens (tertiary/aromatic N) is 1. The van der Waals surface area contributed by atoms with E-state index >= 15 is 0 Å². The summed E-state index contributed by atoms with van der Waals surface area (Å²) in [5.41, 5.74) is -0.249. The first-order valence-electron chi connectivity index (χ1n) is 6.13. The Labute approximate surface area is 118 Å². The number of hydrogen-bond donors (Lipinski definition) is 1. The van der Waals surface area contributed by atoms with Crippen LogP contribution in [-0.2, 0) is 6.18 Å². The van der Waals surface area contributed by atoms with Gasteiger partial charge >= 0.3 is 6.18 Å². The Balaban J connectivity index is 2.20. The van der Waals surface area contributed by atoms with Crippen LogP contribution in [0.3, 0.4) is 0 Å². The molecule has 0 unspecified atom stereocenters. The van der Waals surface area contributed by atoms with Gasteiger partial charge in [0, 0.05) is 23.1 Å². The topological polar surface area (TPSA) is 24.4 Å². The van der Waals surface area contributed by atoms with E-state index < -0.39 is 11.7 Å². The number of aliphatic imine (C=N–C) groups is 1. The lowest BCUT2D eigenvalue weighted by Gasteiger charge is -2.12. The van der Waals surface area contributed by atoms with Crippen molar-refractivity contribution >= 4 is 27.5 Å². The molecule has 1 aromatic carbocycles. The summed E-state index contributed by atoms with van der Waals surface area (Å²) in [5.74, 6) is 0.767. The molecule has 1 aliphatic rings. The third-order valence-corrected chi connectivity index (χ3v) is 3.35. The number of amidine groups is 1. The second kappa shape index (κ2) is 5.94. The lowest BCUT2D eigenvalue weighted by Crippen LogP contribution is -2.13. The first-order valence-corrected chi connectivity index (χ1v) is 6.92. The normalized spacial score (nSPS) is 16.7. The monoisotopic (exact) mass is 334 g/mol. The molecule has 0 aliphatic carbocycles. The molecule has 19 heavy (non-hydrogen) atoms. The summed E-state index contributed by atoms with van der Waals surface area (Å²) < 4.78 is 38.5. The molecule has 1 heterocycles. The summed E-state index contributed by atoms with van der Waals surface area (Å²) in [7, 11) is 0. The van der Waals surface area contributed by atoms with Crippen molar-refractivity contribution in [2.24, 2.45) is 4.99 Å². The van der Waals surface area contributed by atoms with Gasteiger partial charge in [0.15, 0.2) is 0 Å². The number of anilines is 1. The molecule has 1 N–H and O–H groups in total. The van der Waals surface area contributed by atoms with Gasteiger partial charge in [0.2, 0.25) is 0 Å². The molecule has 2 nitrogen and oxygen atoms in total. The molecular weight excluding hydrogens is 321 g/mol. The molecule has 104 valence electrons. The number of benzene rings is 1. The van der Waals surface area contributed by atoms with Gasteiger partial charge in [0.25, 0.3) is 0 Å². The summed E-state index contributed by atoms with van der Waals surface area (Å²) in [6.45, 7) is 0.739. The number of nitrogens with one attached hydrogen (secondary N) is 1. The van der Waals surface area contributed by atoms with Crippen LogP contribution in [0.1, 0.15) is 31.2 Å². The fourth-order valence-electron chi connectivity index (χ4n) is 1.97. The fourth-order valence-corrected chi connectivity index (χ4v) is 2.46. The highest BCUT2D eigenvalue weighted by Gasteiger charge is 2.31. The molecule has 0 radical (unpaired) electrons. The first kappa shape index (κ1) is 14.4. The van der Waals surface area contributed by atoms with E-state index in [1.54, 1.807) is 6.07 Å². The molecule has 6 heteroatoms. The quantitative estimate of drug-likeness (QED) is 0.779. The minimum Gasteiger partial charge on any atom is -0.344 e. The Morgan fingerprint density at radius 2 is 1.89 bits per heavy atom. The summed E-state index contributed by atoms with van der Waals surface area (Å²) in [5, 5.41) is 2.99. The Morgan fingerprint density at radius 3 is 2.63 bits per heavy atom. The van der Waals surface area contributed by atoms with E-state index in [0.717, 1.165) is 50.2 Å². The zero-order chi connectivity index (χ0) is 13.9. The molecule has 0 saturated heterocycles. The Hall–Kier alpha value is -1.04. The second-order valence-corrected chi connectivity index (χ2v) is 5.41. The average Bonchev–Trinajstić information content (AvgIpc) is 2.55. The van der Waals surface area contributed by atoms with Crippen LogP contribution < -0.4 is 5.32 Å². The van der Waals surface area contributed by atoms with Gasteiger partial charge in [-0.2, -0.15) is 13.2 Å². The lowest BCUT2D eigenvalue weighted by molar-refractivity contribution is -0.137. The minimum atomic E-state index is -4.34. The molecule has 0 aromatic heterocycles. The predicted molar refractivity (Wildman–Crippen MR) is 73.5 cm³/mol. The minimum absolute atomic E-state index is 0.402. The van der Waals surface area contributed by atoms with Crippen molar-refractivity contribution in [2.45, 2.75) is 31.9 Å². The summed E-state index contributed by atoms with van der Waals surface area (Å²) in [6, 6.07) is 3.81. The Kier molecular flexibility index (Phi) is 4.50. The fraction of sp³-hybridized carbons (Fsp3) is 0.462. The molecule has 0 bridgehead atoms. The lowest BCUT2D eigenvalue weighted by atomic mass is 10.1. The molecule has 2 rings (SSSR count). The standard InChI is InChI=1S/C13H14BrF3N2/c14-10-6-9(13(15,16)17)7-11(8-10)19-12-4-2-1-3-5-18-12/h6-8H,1-5H2,(H,18,19). The highest BCUT2D eigenvalue weighted by atomic mass is 79.9. The van der Waals surface area contributed by atoms with Crippen LogP contribution in [-0.4, -0.2) is 12.4 Å². The molecule has 1 aromatic rings. The van der Waals surface area contributed by atoms with Crippen molar-refractivity contribution < 1.29 is 13.2 Å². The maximum Gasteiger partial charge on any atom is 0.416 e. The Morgan fingerprint density at radius 1 is 1.11 bits per heavy atom. The van der Waals surface area contributed by atoms with Crippen LogP contribution in [0.5, 0.6) is 0 Å². The molecule has 0 spiro atoms. The van der Waals surface area contributed by atoms with Crippen LogP contribution in [0.25, 0.3) is 0 Å². The molecule has 0 saturated carbocycles. The van der Waals surface area contributed by atoms with Gasteiger partial charge in [0.05, 0.1) is 5.56 Å². The highest BCUT2D eigenvalue weighted by molar-refractivity contribution is 9.10. The predicted octanol–water partition coefficient (Wildman–Crippen LogP) is 4.85. The van der Waals surface area contributed by atoms with Crippen LogP contribution >= 0.6 is 15.9 Å². The summed E-state index contributed by atoms with van der Waals surface area (Å²) in [6.07, 6.45) is -0.385. The van der Waals surface area contributed by atoms with E-state index in [-0.39, 0.29) is 0 Å². The van der Waals surface area contributed by atoms with Crippen molar-refractivity contribution in [2.75, 3.05) is 11.9 Å². The van der Waals surface area contributed by atoms with E-state index in [2.05, 4.69) is 26.2 Å². The zero-order valence-electron chi connectivity index (χ0n) is 10.2. The summed E-state index contributed by atoms with van der Waals surface area (Å²) in [4.78, 5) is 4.35. The SMILES string of the molecule is FC(F)(F)c1cc(Br)cc(NC2=NCCCCC2)c1. The summed E-state index contributed by atoms with van der Waals surface area (Å²) >= 11 is 3.11. The highest BCUT2D eigenvalue weighted by Crippen LogP contribution is 2.33. The number of alkyl halides is 3. The van der Waals surface area contributed by atoms with Gasteiger partial charge in [0.1, 0.15) is 5.84 Å². The van der Waals surface area contributed by atoms with E-state index in [1.807, 2.05) is 0 Å². The maximum atomic E-state index is 12.7.